The number of fused-ring (bicyclic) bond motifs is 1. The molecule has 0 saturated carbocycles. The molecule has 0 atom stereocenters. The summed E-state index contributed by atoms with van der Waals surface area (Å²) in [6.45, 7) is 6.71. The maximum Gasteiger partial charge on any atom is 0.228 e. The van der Waals surface area contributed by atoms with Crippen LogP contribution in [0.3, 0.4) is 0 Å². The van der Waals surface area contributed by atoms with Gasteiger partial charge < -0.3 is 18.8 Å². The third-order valence-electron chi connectivity index (χ3n) is 5.15. The fraction of sp³-hybridized carbons (Fsp3) is 0.556. The van der Waals surface area contributed by atoms with Crippen molar-refractivity contribution < 1.29 is 14.3 Å². The molecule has 6 heteroatoms. The molecule has 0 bridgehead atoms. The van der Waals surface area contributed by atoms with E-state index in [0.29, 0.717) is 32.7 Å². The Kier molecular flexibility index (Phi) is 3.81. The van der Waals surface area contributed by atoms with Gasteiger partial charge in [-0.25, -0.2) is 4.98 Å². The summed E-state index contributed by atoms with van der Waals surface area (Å²) in [5.74, 6) is -0.290. The lowest BCUT2D eigenvalue weighted by atomic mass is 10.0. The number of rotatable bonds is 2. The SMILES string of the molecule is Cc1nc2c(C)cccn2c1CC(=O)N1CCC2(CC1)OCCO2. The minimum absolute atomic E-state index is 0.147. The van der Waals surface area contributed by atoms with Gasteiger partial charge in [0, 0.05) is 32.1 Å². The Morgan fingerprint density at radius 2 is 1.96 bits per heavy atom. The van der Waals surface area contributed by atoms with E-state index in [4.69, 9.17) is 9.47 Å². The summed E-state index contributed by atoms with van der Waals surface area (Å²) < 4.78 is 13.5. The van der Waals surface area contributed by atoms with E-state index in [-0.39, 0.29) is 5.91 Å². The van der Waals surface area contributed by atoms with E-state index in [1.165, 1.54) is 0 Å². The van der Waals surface area contributed by atoms with Gasteiger partial charge in [-0.3, -0.25) is 4.79 Å². The first kappa shape index (κ1) is 15.6. The van der Waals surface area contributed by atoms with Crippen molar-refractivity contribution in [3.05, 3.63) is 35.3 Å². The Labute approximate surface area is 141 Å². The molecule has 2 aromatic rings. The number of pyridine rings is 1. The van der Waals surface area contributed by atoms with E-state index in [2.05, 4.69) is 4.98 Å². The molecule has 2 aromatic heterocycles. The van der Waals surface area contributed by atoms with Crippen LogP contribution in [0, 0.1) is 13.8 Å². The number of piperidine rings is 1. The van der Waals surface area contributed by atoms with Crippen molar-refractivity contribution in [2.45, 2.75) is 38.9 Å². The maximum absolute atomic E-state index is 12.8. The van der Waals surface area contributed by atoms with Crippen molar-refractivity contribution >= 4 is 11.6 Å². The third-order valence-corrected chi connectivity index (χ3v) is 5.15. The van der Waals surface area contributed by atoms with Crippen molar-refractivity contribution in [3.8, 4) is 0 Å². The van der Waals surface area contributed by atoms with Gasteiger partial charge in [0.2, 0.25) is 5.91 Å². The lowest BCUT2D eigenvalue weighted by Crippen LogP contribution is -2.47. The minimum Gasteiger partial charge on any atom is -0.347 e. The first-order valence-electron chi connectivity index (χ1n) is 8.57. The molecule has 0 radical (unpaired) electrons. The number of aromatic nitrogens is 2. The molecule has 4 rings (SSSR count). The molecule has 128 valence electrons. The number of carbonyl (C=O) groups excluding carboxylic acids is 1. The van der Waals surface area contributed by atoms with Crippen molar-refractivity contribution in [1.29, 1.82) is 0 Å². The minimum atomic E-state index is -0.437. The normalized spacial score (nSPS) is 20.2. The van der Waals surface area contributed by atoms with Crippen LogP contribution in [0.2, 0.25) is 0 Å². The van der Waals surface area contributed by atoms with Crippen molar-refractivity contribution in [2.24, 2.45) is 0 Å². The van der Waals surface area contributed by atoms with Crippen LogP contribution in [0.15, 0.2) is 18.3 Å². The van der Waals surface area contributed by atoms with Gasteiger partial charge in [-0.05, 0) is 25.5 Å². The largest absolute Gasteiger partial charge is 0.347 e. The first-order chi connectivity index (χ1) is 11.6. The summed E-state index contributed by atoms with van der Waals surface area (Å²) in [4.78, 5) is 19.3. The molecular formula is C18H23N3O3. The molecule has 0 aromatic carbocycles. The van der Waals surface area contributed by atoms with E-state index in [0.717, 1.165) is 35.4 Å². The van der Waals surface area contributed by atoms with E-state index in [9.17, 15) is 4.79 Å². The molecule has 2 aliphatic rings. The Balaban J connectivity index is 1.49. The highest BCUT2D eigenvalue weighted by Crippen LogP contribution is 2.31. The van der Waals surface area contributed by atoms with Gasteiger partial charge >= 0.3 is 0 Å². The smallest absolute Gasteiger partial charge is 0.228 e. The van der Waals surface area contributed by atoms with Gasteiger partial charge in [-0.1, -0.05) is 6.07 Å². The van der Waals surface area contributed by atoms with Crippen LogP contribution in [0.5, 0.6) is 0 Å². The number of carbonyl (C=O) groups is 1. The molecule has 2 fully saturated rings. The summed E-state index contributed by atoms with van der Waals surface area (Å²) in [7, 11) is 0. The summed E-state index contributed by atoms with van der Waals surface area (Å²) in [6, 6.07) is 4.04. The van der Waals surface area contributed by atoms with Crippen molar-refractivity contribution in [1.82, 2.24) is 14.3 Å². The number of ether oxygens (including phenoxy) is 2. The van der Waals surface area contributed by atoms with E-state index in [1.54, 1.807) is 0 Å². The molecule has 2 aliphatic heterocycles. The van der Waals surface area contributed by atoms with Crippen LogP contribution in [0.1, 0.15) is 29.8 Å². The molecule has 0 N–H and O–H groups in total. The number of likely N-dealkylation sites (tertiary alicyclic amines) is 1. The van der Waals surface area contributed by atoms with Crippen LogP contribution in [0.25, 0.3) is 5.65 Å². The highest BCUT2D eigenvalue weighted by molar-refractivity contribution is 5.79. The first-order valence-corrected chi connectivity index (χ1v) is 8.57. The van der Waals surface area contributed by atoms with Crippen molar-refractivity contribution in [3.63, 3.8) is 0 Å². The Bertz CT molecular complexity index is 767. The second-order valence-electron chi connectivity index (χ2n) is 6.69. The molecule has 1 amide bonds. The average molecular weight is 329 g/mol. The van der Waals surface area contributed by atoms with Crippen LogP contribution < -0.4 is 0 Å². The van der Waals surface area contributed by atoms with Gasteiger partial charge in [0.15, 0.2) is 5.79 Å². The number of imidazole rings is 1. The molecule has 4 heterocycles. The molecule has 24 heavy (non-hydrogen) atoms. The van der Waals surface area contributed by atoms with Crippen LogP contribution in [-0.4, -0.2) is 52.3 Å². The van der Waals surface area contributed by atoms with Crippen LogP contribution >= 0.6 is 0 Å². The van der Waals surface area contributed by atoms with Crippen molar-refractivity contribution in [2.75, 3.05) is 26.3 Å². The number of amides is 1. The predicted molar refractivity (Wildman–Crippen MR) is 88.8 cm³/mol. The Morgan fingerprint density at radius 3 is 2.67 bits per heavy atom. The van der Waals surface area contributed by atoms with Gasteiger partial charge in [0.25, 0.3) is 0 Å². The zero-order chi connectivity index (χ0) is 16.7. The maximum atomic E-state index is 12.8. The molecular weight excluding hydrogens is 306 g/mol. The molecule has 1 spiro atoms. The van der Waals surface area contributed by atoms with Crippen LogP contribution in [-0.2, 0) is 20.7 Å². The molecule has 2 saturated heterocycles. The van der Waals surface area contributed by atoms with Gasteiger partial charge in [-0.2, -0.15) is 0 Å². The monoisotopic (exact) mass is 329 g/mol. The third kappa shape index (κ3) is 2.59. The highest BCUT2D eigenvalue weighted by atomic mass is 16.7. The standard InChI is InChI=1S/C18H23N3O3/c1-13-4-3-7-21-15(14(2)19-17(13)21)12-16(22)20-8-5-18(6-9-20)23-10-11-24-18/h3-4,7H,5-6,8-12H2,1-2H3. The number of nitrogens with zero attached hydrogens (tertiary/aromatic N) is 3. The Morgan fingerprint density at radius 1 is 1.25 bits per heavy atom. The fourth-order valence-corrected chi connectivity index (χ4v) is 3.72. The number of hydrogen-bond acceptors (Lipinski definition) is 4. The second kappa shape index (κ2) is 5.86. The fourth-order valence-electron chi connectivity index (χ4n) is 3.72. The number of hydrogen-bond donors (Lipinski definition) is 0. The van der Waals surface area contributed by atoms with Gasteiger partial charge in [0.1, 0.15) is 5.65 Å². The molecule has 0 unspecified atom stereocenters. The predicted octanol–water partition coefficient (Wildman–Crippen LogP) is 1.86. The number of aryl methyl sites for hydroxylation is 2. The van der Waals surface area contributed by atoms with Gasteiger partial charge in [0.05, 0.1) is 31.0 Å². The summed E-state index contributed by atoms with van der Waals surface area (Å²) in [6.07, 6.45) is 3.87. The Hall–Kier alpha value is -1.92. The average Bonchev–Trinajstić information content (AvgIpc) is 3.15. The summed E-state index contributed by atoms with van der Waals surface area (Å²) >= 11 is 0. The van der Waals surface area contributed by atoms with E-state index in [1.807, 2.05) is 41.5 Å². The molecule has 0 aliphatic carbocycles. The van der Waals surface area contributed by atoms with Crippen LogP contribution in [0.4, 0.5) is 0 Å². The zero-order valence-electron chi connectivity index (χ0n) is 14.2. The molecule has 6 nitrogen and oxygen atoms in total. The summed E-state index contributed by atoms with van der Waals surface area (Å²) in [5.41, 5.74) is 3.96. The summed E-state index contributed by atoms with van der Waals surface area (Å²) in [5, 5.41) is 0. The second-order valence-corrected chi connectivity index (χ2v) is 6.69. The van der Waals surface area contributed by atoms with Gasteiger partial charge in [-0.15, -0.1) is 0 Å². The lowest BCUT2D eigenvalue weighted by Gasteiger charge is -2.37. The zero-order valence-corrected chi connectivity index (χ0v) is 14.2. The topological polar surface area (TPSA) is 56.1 Å². The highest BCUT2D eigenvalue weighted by Gasteiger charge is 2.40. The van der Waals surface area contributed by atoms with E-state index < -0.39 is 5.79 Å². The van der Waals surface area contributed by atoms with E-state index >= 15 is 0 Å². The lowest BCUT2D eigenvalue weighted by molar-refractivity contribution is -0.187. The quantitative estimate of drug-likeness (QED) is 0.844.